The van der Waals surface area contributed by atoms with Crippen LogP contribution < -0.4 is 10.2 Å². The summed E-state index contributed by atoms with van der Waals surface area (Å²) in [4.78, 5) is 11.8. The summed E-state index contributed by atoms with van der Waals surface area (Å²) < 4.78 is 7.78. The number of carbonyl (C=O) groups excluding carboxylic acids is 1. The molecule has 90 valence electrons. The molecule has 0 saturated carbocycles. The Morgan fingerprint density at radius 2 is 2.29 bits per heavy atom. The topological polar surface area (TPSA) is 55.6 Å². The largest absolute Gasteiger partial charge is 0.449 e. The molecule has 1 heterocycles. The van der Waals surface area contributed by atoms with Crippen molar-refractivity contribution in [1.29, 1.82) is 0 Å². The summed E-state index contributed by atoms with van der Waals surface area (Å²) >= 11 is 1.51. The van der Waals surface area contributed by atoms with Crippen LogP contribution in [0.15, 0.2) is 29.4 Å². The number of fused-ring (bicyclic) bond motifs is 1. The summed E-state index contributed by atoms with van der Waals surface area (Å²) in [5, 5.41) is 4.02. The molecular weight excluding hydrogens is 238 g/mol. The second-order valence-corrected chi connectivity index (χ2v) is 4.36. The van der Waals surface area contributed by atoms with Gasteiger partial charge in [-0.05, 0) is 19.1 Å². The number of amides is 1. The molecule has 5 nitrogen and oxygen atoms in total. The first-order valence-electron chi connectivity index (χ1n) is 5.23. The first kappa shape index (κ1) is 11.7. The first-order valence-corrected chi connectivity index (χ1v) is 6.05. The molecule has 0 radical (unpaired) electrons. The summed E-state index contributed by atoms with van der Waals surface area (Å²) in [6, 6.07) is 7.97. The SMILES string of the molecule is CCOC(=O)N/N=c1/sc2ccccc2n1C. The summed E-state index contributed by atoms with van der Waals surface area (Å²) in [5.41, 5.74) is 3.44. The molecule has 0 fully saturated rings. The van der Waals surface area contributed by atoms with Crippen LogP contribution >= 0.6 is 11.3 Å². The predicted octanol–water partition coefficient (Wildman–Crippen LogP) is 1.80. The van der Waals surface area contributed by atoms with E-state index in [0.717, 1.165) is 15.0 Å². The number of ether oxygens (including phenoxy) is 1. The Morgan fingerprint density at radius 3 is 3.00 bits per heavy atom. The maximum Gasteiger partial charge on any atom is 0.427 e. The van der Waals surface area contributed by atoms with E-state index in [1.165, 1.54) is 11.3 Å². The molecular formula is C11H13N3O2S. The van der Waals surface area contributed by atoms with E-state index in [2.05, 4.69) is 10.5 Å². The van der Waals surface area contributed by atoms with Crippen LogP contribution in [-0.4, -0.2) is 17.3 Å². The summed E-state index contributed by atoms with van der Waals surface area (Å²) in [6.07, 6.45) is -0.537. The van der Waals surface area contributed by atoms with Gasteiger partial charge in [-0.3, -0.25) is 0 Å². The number of nitrogens with one attached hydrogen (secondary N) is 1. The lowest BCUT2D eigenvalue weighted by molar-refractivity contribution is 0.152. The van der Waals surface area contributed by atoms with Crippen LogP contribution in [0.2, 0.25) is 0 Å². The zero-order chi connectivity index (χ0) is 12.3. The molecule has 6 heteroatoms. The molecule has 1 N–H and O–H groups in total. The highest BCUT2D eigenvalue weighted by Gasteiger charge is 2.02. The maximum absolute atomic E-state index is 11.1. The monoisotopic (exact) mass is 251 g/mol. The molecule has 0 atom stereocenters. The van der Waals surface area contributed by atoms with Crippen LogP contribution in [-0.2, 0) is 11.8 Å². The highest BCUT2D eigenvalue weighted by atomic mass is 32.1. The highest BCUT2D eigenvalue weighted by Crippen LogP contribution is 2.14. The number of aromatic nitrogens is 1. The zero-order valence-electron chi connectivity index (χ0n) is 9.64. The molecule has 0 aliphatic rings. The van der Waals surface area contributed by atoms with Gasteiger partial charge in [-0.1, -0.05) is 23.5 Å². The van der Waals surface area contributed by atoms with Crippen LogP contribution in [0.4, 0.5) is 4.79 Å². The Balaban J connectivity index is 2.32. The second-order valence-electron chi connectivity index (χ2n) is 3.36. The molecule has 0 unspecified atom stereocenters. The van der Waals surface area contributed by atoms with Crippen molar-refractivity contribution in [2.45, 2.75) is 6.92 Å². The van der Waals surface area contributed by atoms with Crippen molar-refractivity contribution < 1.29 is 9.53 Å². The number of aryl methyl sites for hydroxylation is 1. The van der Waals surface area contributed by atoms with Gasteiger partial charge in [-0.2, -0.15) is 0 Å². The smallest absolute Gasteiger partial charge is 0.427 e. The lowest BCUT2D eigenvalue weighted by Crippen LogP contribution is -2.23. The van der Waals surface area contributed by atoms with E-state index < -0.39 is 6.09 Å². The van der Waals surface area contributed by atoms with Gasteiger partial charge in [0.1, 0.15) is 0 Å². The van der Waals surface area contributed by atoms with Gasteiger partial charge in [0.15, 0.2) is 0 Å². The number of rotatable bonds is 2. The maximum atomic E-state index is 11.1. The fourth-order valence-corrected chi connectivity index (χ4v) is 2.42. The minimum atomic E-state index is -0.537. The minimum Gasteiger partial charge on any atom is -0.449 e. The van der Waals surface area contributed by atoms with Crippen molar-refractivity contribution in [2.75, 3.05) is 6.61 Å². The van der Waals surface area contributed by atoms with E-state index in [4.69, 9.17) is 4.74 Å². The quantitative estimate of drug-likeness (QED) is 0.827. The molecule has 0 aliphatic carbocycles. The van der Waals surface area contributed by atoms with Crippen molar-refractivity contribution >= 4 is 27.6 Å². The number of nitrogens with zero attached hydrogens (tertiary/aromatic N) is 2. The van der Waals surface area contributed by atoms with Gasteiger partial charge in [0, 0.05) is 7.05 Å². The van der Waals surface area contributed by atoms with E-state index in [-0.39, 0.29) is 0 Å². The number of thiazole rings is 1. The Hall–Kier alpha value is -1.82. The lowest BCUT2D eigenvalue weighted by atomic mass is 10.3. The average Bonchev–Trinajstić information content (AvgIpc) is 2.65. The molecule has 1 amide bonds. The number of benzene rings is 1. The second kappa shape index (κ2) is 5.01. The van der Waals surface area contributed by atoms with E-state index in [0.29, 0.717) is 6.61 Å². The average molecular weight is 251 g/mol. The molecule has 2 rings (SSSR count). The third kappa shape index (κ3) is 2.47. The van der Waals surface area contributed by atoms with Crippen LogP contribution in [0.1, 0.15) is 6.92 Å². The Labute approximate surface area is 102 Å². The van der Waals surface area contributed by atoms with E-state index in [1.807, 2.05) is 35.9 Å². The van der Waals surface area contributed by atoms with Gasteiger partial charge < -0.3 is 9.30 Å². The van der Waals surface area contributed by atoms with Gasteiger partial charge in [0.05, 0.1) is 16.8 Å². The minimum absolute atomic E-state index is 0.333. The van der Waals surface area contributed by atoms with Crippen molar-refractivity contribution in [3.05, 3.63) is 29.1 Å². The molecule has 0 saturated heterocycles. The number of hydrogen-bond acceptors (Lipinski definition) is 4. The van der Waals surface area contributed by atoms with Crippen LogP contribution in [0.25, 0.3) is 10.2 Å². The van der Waals surface area contributed by atoms with Crippen LogP contribution in [0.3, 0.4) is 0 Å². The summed E-state index contributed by atoms with van der Waals surface area (Å²) in [6.45, 7) is 2.08. The number of hydrogen-bond donors (Lipinski definition) is 1. The first-order chi connectivity index (χ1) is 8.22. The fourth-order valence-electron chi connectivity index (χ4n) is 1.45. The van der Waals surface area contributed by atoms with Gasteiger partial charge in [-0.25, -0.2) is 10.2 Å². The fraction of sp³-hybridized carbons (Fsp3) is 0.273. The van der Waals surface area contributed by atoms with Crippen molar-refractivity contribution in [2.24, 2.45) is 12.1 Å². The number of carbonyl (C=O) groups is 1. The lowest BCUT2D eigenvalue weighted by Gasteiger charge is -1.98. The third-order valence-corrected chi connectivity index (χ3v) is 3.35. The molecule has 1 aromatic heterocycles. The molecule has 0 spiro atoms. The standard InChI is InChI=1S/C11H13N3O2S/c1-3-16-11(15)13-12-10-14(2)8-6-4-5-7-9(8)17-10/h4-7H,3H2,1-2H3,(H,13,15)/b12-10+. The van der Waals surface area contributed by atoms with Crippen molar-refractivity contribution in [3.8, 4) is 0 Å². The van der Waals surface area contributed by atoms with Gasteiger partial charge in [0.25, 0.3) is 0 Å². The van der Waals surface area contributed by atoms with E-state index >= 15 is 0 Å². The van der Waals surface area contributed by atoms with E-state index in [9.17, 15) is 4.79 Å². The zero-order valence-corrected chi connectivity index (χ0v) is 10.5. The predicted molar refractivity (Wildman–Crippen MR) is 66.5 cm³/mol. The van der Waals surface area contributed by atoms with Crippen LogP contribution in [0.5, 0.6) is 0 Å². The third-order valence-electron chi connectivity index (χ3n) is 2.23. The van der Waals surface area contributed by atoms with Gasteiger partial charge >= 0.3 is 6.09 Å². The Bertz CT molecular complexity index is 600. The Kier molecular flexibility index (Phi) is 3.43. The normalized spacial score (nSPS) is 11.8. The molecule has 1 aromatic carbocycles. The molecule has 0 aliphatic heterocycles. The van der Waals surface area contributed by atoms with E-state index in [1.54, 1.807) is 6.92 Å². The summed E-state index contributed by atoms with van der Waals surface area (Å²) in [5.74, 6) is 0. The Morgan fingerprint density at radius 1 is 1.53 bits per heavy atom. The molecule has 2 aromatic rings. The van der Waals surface area contributed by atoms with Crippen molar-refractivity contribution in [3.63, 3.8) is 0 Å². The van der Waals surface area contributed by atoms with Gasteiger partial charge in [-0.15, -0.1) is 5.10 Å². The highest BCUT2D eigenvalue weighted by molar-refractivity contribution is 7.16. The molecule has 0 bridgehead atoms. The number of para-hydroxylation sites is 1. The molecule has 17 heavy (non-hydrogen) atoms. The van der Waals surface area contributed by atoms with Crippen molar-refractivity contribution in [1.82, 2.24) is 9.99 Å². The van der Waals surface area contributed by atoms with Gasteiger partial charge in [0.2, 0.25) is 4.80 Å². The summed E-state index contributed by atoms with van der Waals surface area (Å²) in [7, 11) is 1.91. The van der Waals surface area contributed by atoms with Crippen LogP contribution in [0, 0.1) is 0 Å².